The molecule has 0 aliphatic heterocycles. The van der Waals surface area contributed by atoms with Crippen LogP contribution in [0.15, 0.2) is 60.7 Å². The molecule has 3 N–H and O–H groups in total. The largest absolute Gasteiger partial charge is 0.507 e. The smallest absolute Gasteiger partial charge is 0.259 e. The molecule has 3 rings (SSSR count). The van der Waals surface area contributed by atoms with Crippen LogP contribution >= 0.6 is 0 Å². The summed E-state index contributed by atoms with van der Waals surface area (Å²) in [5.41, 5.74) is 0.592. The van der Waals surface area contributed by atoms with E-state index in [0.29, 0.717) is 30.4 Å². The highest BCUT2D eigenvalue weighted by atomic mass is 19.1. The van der Waals surface area contributed by atoms with Crippen LogP contribution in [0, 0.1) is 11.6 Å². The molecule has 34 heavy (non-hydrogen) atoms. The number of halogens is 2. The lowest BCUT2D eigenvalue weighted by Gasteiger charge is -2.19. The lowest BCUT2D eigenvalue weighted by molar-refractivity contribution is 0.0772. The van der Waals surface area contributed by atoms with Crippen LogP contribution in [0.5, 0.6) is 5.75 Å². The topological polar surface area (TPSA) is 98.7 Å². The van der Waals surface area contributed by atoms with Crippen LogP contribution in [0.25, 0.3) is 0 Å². The van der Waals surface area contributed by atoms with Crippen molar-refractivity contribution in [2.75, 3.05) is 23.7 Å². The third-order valence-corrected chi connectivity index (χ3v) is 5.04. The molecular weight excluding hydrogens is 444 g/mol. The summed E-state index contributed by atoms with van der Waals surface area (Å²) in [6.45, 7) is 4.85. The van der Waals surface area contributed by atoms with Crippen molar-refractivity contribution in [3.8, 4) is 5.75 Å². The highest BCUT2D eigenvalue weighted by Crippen LogP contribution is 2.24. The van der Waals surface area contributed by atoms with E-state index in [1.807, 2.05) is 13.8 Å². The van der Waals surface area contributed by atoms with Crippen LogP contribution in [0.3, 0.4) is 0 Å². The van der Waals surface area contributed by atoms with Crippen molar-refractivity contribution < 1.29 is 28.3 Å². The molecule has 0 atom stereocenters. The summed E-state index contributed by atoms with van der Waals surface area (Å²) in [5.74, 6) is -3.80. The summed E-state index contributed by atoms with van der Waals surface area (Å²) in [7, 11) is 0. The lowest BCUT2D eigenvalue weighted by Crippen LogP contribution is -2.30. The van der Waals surface area contributed by atoms with E-state index >= 15 is 0 Å². The Balaban J connectivity index is 1.72. The molecule has 0 saturated heterocycles. The fourth-order valence-corrected chi connectivity index (χ4v) is 3.31. The monoisotopic (exact) mass is 467 g/mol. The Morgan fingerprint density at radius 3 is 2.03 bits per heavy atom. The predicted molar refractivity (Wildman–Crippen MR) is 124 cm³/mol. The minimum atomic E-state index is -0.900. The first-order valence-electron chi connectivity index (χ1n) is 10.5. The number of hydrogen-bond acceptors (Lipinski definition) is 4. The molecule has 0 unspecified atom stereocenters. The first kappa shape index (κ1) is 24.4. The maximum absolute atomic E-state index is 13.3. The average molecular weight is 467 g/mol. The van der Waals surface area contributed by atoms with E-state index in [-0.39, 0.29) is 22.7 Å². The second-order valence-corrected chi connectivity index (χ2v) is 7.36. The summed E-state index contributed by atoms with van der Waals surface area (Å²) in [4.78, 5) is 39.1. The minimum absolute atomic E-state index is 0.0738. The van der Waals surface area contributed by atoms with Gasteiger partial charge in [0.1, 0.15) is 17.4 Å². The van der Waals surface area contributed by atoms with Gasteiger partial charge in [0.25, 0.3) is 17.7 Å². The first-order valence-corrected chi connectivity index (χ1v) is 10.5. The molecule has 0 bridgehead atoms. The fraction of sp³-hybridized carbons (Fsp3) is 0.160. The van der Waals surface area contributed by atoms with Gasteiger partial charge in [-0.15, -0.1) is 0 Å². The van der Waals surface area contributed by atoms with E-state index in [9.17, 15) is 28.3 Å². The number of rotatable bonds is 7. The van der Waals surface area contributed by atoms with Crippen molar-refractivity contribution in [2.24, 2.45) is 0 Å². The highest BCUT2D eigenvalue weighted by Gasteiger charge is 2.16. The van der Waals surface area contributed by atoms with Crippen molar-refractivity contribution in [2.45, 2.75) is 13.8 Å². The molecule has 0 spiro atoms. The Kier molecular flexibility index (Phi) is 7.57. The van der Waals surface area contributed by atoms with Gasteiger partial charge in [-0.05, 0) is 56.3 Å². The standard InChI is InChI=1S/C25H23F2N3O4/c1-3-30(4-2)25(34)15-6-5-7-19(12-15)29-24(33)21-9-8-20(14-22(21)31)28-23(32)16-10-17(26)13-18(27)11-16/h5-14,31H,3-4H2,1-2H3,(H,28,32)(H,29,33). The van der Waals surface area contributed by atoms with Crippen LogP contribution in [0.1, 0.15) is 44.9 Å². The highest BCUT2D eigenvalue weighted by molar-refractivity contribution is 6.08. The number of amides is 3. The van der Waals surface area contributed by atoms with Gasteiger partial charge in [-0.1, -0.05) is 6.07 Å². The van der Waals surface area contributed by atoms with Gasteiger partial charge in [0, 0.05) is 47.7 Å². The molecule has 0 radical (unpaired) electrons. The Bertz CT molecular complexity index is 1220. The number of phenolic OH excluding ortho intramolecular Hbond substituents is 1. The second-order valence-electron chi connectivity index (χ2n) is 7.36. The van der Waals surface area contributed by atoms with Crippen LogP contribution in [-0.4, -0.2) is 40.8 Å². The van der Waals surface area contributed by atoms with Gasteiger partial charge in [0.2, 0.25) is 0 Å². The molecule has 0 aromatic heterocycles. The maximum Gasteiger partial charge on any atom is 0.259 e. The maximum atomic E-state index is 13.3. The zero-order valence-electron chi connectivity index (χ0n) is 18.6. The van der Waals surface area contributed by atoms with Crippen molar-refractivity contribution in [1.29, 1.82) is 0 Å². The van der Waals surface area contributed by atoms with Gasteiger partial charge in [-0.2, -0.15) is 0 Å². The molecule has 9 heteroatoms. The molecule has 7 nitrogen and oxygen atoms in total. The van der Waals surface area contributed by atoms with Crippen molar-refractivity contribution in [1.82, 2.24) is 4.90 Å². The number of hydrogen-bond donors (Lipinski definition) is 3. The van der Waals surface area contributed by atoms with Crippen LogP contribution < -0.4 is 10.6 Å². The number of benzene rings is 3. The Labute approximate surface area is 195 Å². The predicted octanol–water partition coefficient (Wildman–Crippen LogP) is 4.66. The third kappa shape index (κ3) is 5.74. The van der Waals surface area contributed by atoms with Gasteiger partial charge < -0.3 is 20.6 Å². The average Bonchev–Trinajstić information content (AvgIpc) is 2.79. The van der Waals surface area contributed by atoms with Gasteiger partial charge in [0.15, 0.2) is 0 Å². The molecule has 176 valence electrons. The number of anilines is 2. The van der Waals surface area contributed by atoms with E-state index in [4.69, 9.17) is 0 Å². The molecule has 0 aliphatic carbocycles. The number of carbonyl (C=O) groups excluding carboxylic acids is 3. The molecule has 0 fully saturated rings. The molecule has 0 aliphatic rings. The zero-order chi connectivity index (χ0) is 24.8. The van der Waals surface area contributed by atoms with E-state index in [1.165, 1.54) is 12.1 Å². The first-order chi connectivity index (χ1) is 16.2. The van der Waals surface area contributed by atoms with E-state index in [1.54, 1.807) is 29.2 Å². The Hall–Kier alpha value is -4.27. The van der Waals surface area contributed by atoms with E-state index < -0.39 is 29.2 Å². The van der Waals surface area contributed by atoms with Gasteiger partial charge in [-0.25, -0.2) is 8.78 Å². The molecule has 0 heterocycles. The summed E-state index contributed by atoms with van der Waals surface area (Å²) in [6.07, 6.45) is 0. The molecule has 3 amide bonds. The van der Waals surface area contributed by atoms with Gasteiger partial charge >= 0.3 is 0 Å². The molecule has 0 saturated carbocycles. The minimum Gasteiger partial charge on any atom is -0.507 e. The number of nitrogens with zero attached hydrogens (tertiary/aromatic N) is 1. The Morgan fingerprint density at radius 1 is 0.794 bits per heavy atom. The summed E-state index contributed by atoms with van der Waals surface area (Å²) in [5, 5.41) is 15.3. The van der Waals surface area contributed by atoms with Crippen LogP contribution in [0.4, 0.5) is 20.2 Å². The molecular formula is C25H23F2N3O4. The summed E-state index contributed by atoms with van der Waals surface area (Å²) < 4.78 is 26.7. The number of carbonyl (C=O) groups is 3. The lowest BCUT2D eigenvalue weighted by atomic mass is 10.1. The number of aromatic hydroxyl groups is 1. The SMILES string of the molecule is CCN(CC)C(=O)c1cccc(NC(=O)c2ccc(NC(=O)c3cc(F)cc(F)c3)cc2O)c1. The van der Waals surface area contributed by atoms with Gasteiger partial charge in [0.05, 0.1) is 5.56 Å². The molecule has 3 aromatic carbocycles. The van der Waals surface area contributed by atoms with Crippen molar-refractivity contribution in [3.05, 3.63) is 89.0 Å². The summed E-state index contributed by atoms with van der Waals surface area (Å²) >= 11 is 0. The summed E-state index contributed by atoms with van der Waals surface area (Å²) in [6, 6.07) is 12.6. The zero-order valence-corrected chi connectivity index (χ0v) is 18.6. The van der Waals surface area contributed by atoms with Crippen LogP contribution in [-0.2, 0) is 0 Å². The van der Waals surface area contributed by atoms with Gasteiger partial charge in [-0.3, -0.25) is 14.4 Å². The van der Waals surface area contributed by atoms with Crippen molar-refractivity contribution >= 4 is 29.1 Å². The number of nitrogens with one attached hydrogen (secondary N) is 2. The fourth-order valence-electron chi connectivity index (χ4n) is 3.31. The van der Waals surface area contributed by atoms with Crippen molar-refractivity contribution in [3.63, 3.8) is 0 Å². The van der Waals surface area contributed by atoms with E-state index in [0.717, 1.165) is 18.2 Å². The third-order valence-electron chi connectivity index (χ3n) is 5.04. The quantitative estimate of drug-likeness (QED) is 0.471. The number of phenols is 1. The Morgan fingerprint density at radius 2 is 1.41 bits per heavy atom. The normalized spacial score (nSPS) is 10.5. The second kappa shape index (κ2) is 10.6. The van der Waals surface area contributed by atoms with E-state index in [2.05, 4.69) is 10.6 Å². The van der Waals surface area contributed by atoms with Crippen LogP contribution in [0.2, 0.25) is 0 Å². The molecule has 3 aromatic rings.